The lowest BCUT2D eigenvalue weighted by Crippen LogP contribution is -2.49. The molecule has 0 aromatic heterocycles. The molecule has 1 aromatic rings. The van der Waals surface area contributed by atoms with Crippen LogP contribution in [0, 0.1) is 0 Å². The van der Waals surface area contributed by atoms with Crippen LogP contribution in [0.4, 0.5) is 5.69 Å². The SMILES string of the molecule is Nc1cc2c(c(CN3CCN4CCCC4C3)c1)OCOC2. The summed E-state index contributed by atoms with van der Waals surface area (Å²) in [5.74, 6) is 0.990. The normalized spacial score (nSPS) is 26.2. The van der Waals surface area contributed by atoms with Crippen molar-refractivity contribution in [1.29, 1.82) is 0 Å². The molecule has 0 radical (unpaired) electrons. The summed E-state index contributed by atoms with van der Waals surface area (Å²) in [6, 6.07) is 4.78. The average Bonchev–Trinajstić information content (AvgIpc) is 2.94. The van der Waals surface area contributed by atoms with E-state index in [2.05, 4.69) is 15.9 Å². The molecule has 4 rings (SSSR count). The molecular weight excluding hydrogens is 266 g/mol. The maximum absolute atomic E-state index is 6.04. The molecule has 1 aromatic carbocycles. The number of hydrogen-bond donors (Lipinski definition) is 1. The number of nitrogen functional groups attached to an aromatic ring is 1. The van der Waals surface area contributed by atoms with Gasteiger partial charge in [0.25, 0.3) is 0 Å². The van der Waals surface area contributed by atoms with Crippen molar-refractivity contribution in [2.75, 3.05) is 38.7 Å². The van der Waals surface area contributed by atoms with Gasteiger partial charge in [0.2, 0.25) is 0 Å². The smallest absolute Gasteiger partial charge is 0.189 e. The van der Waals surface area contributed by atoms with Crippen LogP contribution in [0.5, 0.6) is 5.75 Å². The second kappa shape index (κ2) is 5.48. The Morgan fingerprint density at radius 1 is 1.24 bits per heavy atom. The van der Waals surface area contributed by atoms with Crippen molar-refractivity contribution in [2.24, 2.45) is 0 Å². The maximum atomic E-state index is 6.04. The lowest BCUT2D eigenvalue weighted by atomic mass is 10.1. The van der Waals surface area contributed by atoms with Crippen LogP contribution in [0.1, 0.15) is 24.0 Å². The minimum Gasteiger partial charge on any atom is -0.467 e. The molecule has 3 aliphatic rings. The van der Waals surface area contributed by atoms with Gasteiger partial charge in [-0.1, -0.05) is 0 Å². The van der Waals surface area contributed by atoms with Gasteiger partial charge < -0.3 is 15.2 Å². The Hall–Kier alpha value is -1.30. The van der Waals surface area contributed by atoms with E-state index in [1.807, 2.05) is 6.07 Å². The van der Waals surface area contributed by atoms with Gasteiger partial charge in [-0.3, -0.25) is 9.80 Å². The molecule has 2 N–H and O–H groups in total. The number of anilines is 1. The Kier molecular flexibility index (Phi) is 3.49. The van der Waals surface area contributed by atoms with Crippen molar-refractivity contribution in [3.05, 3.63) is 23.3 Å². The zero-order chi connectivity index (χ0) is 14.2. The Balaban J connectivity index is 1.53. The minimum absolute atomic E-state index is 0.348. The summed E-state index contributed by atoms with van der Waals surface area (Å²) < 4.78 is 11.1. The first-order chi connectivity index (χ1) is 10.3. The monoisotopic (exact) mass is 289 g/mol. The van der Waals surface area contributed by atoms with Crippen LogP contribution in [-0.2, 0) is 17.9 Å². The molecule has 2 saturated heterocycles. The fourth-order valence-corrected chi connectivity index (χ4v) is 3.88. The van der Waals surface area contributed by atoms with E-state index >= 15 is 0 Å². The van der Waals surface area contributed by atoms with Gasteiger partial charge in [-0.2, -0.15) is 0 Å². The predicted octanol–water partition coefficient (Wildman–Crippen LogP) is 1.42. The van der Waals surface area contributed by atoms with Crippen LogP contribution in [0.2, 0.25) is 0 Å². The third kappa shape index (κ3) is 2.61. The van der Waals surface area contributed by atoms with Crippen LogP contribution >= 0.6 is 0 Å². The van der Waals surface area contributed by atoms with Crippen molar-refractivity contribution in [3.63, 3.8) is 0 Å². The summed E-state index contributed by atoms with van der Waals surface area (Å²) >= 11 is 0. The zero-order valence-electron chi connectivity index (χ0n) is 12.4. The predicted molar refractivity (Wildman–Crippen MR) is 81.0 cm³/mol. The van der Waals surface area contributed by atoms with E-state index in [4.69, 9.17) is 15.2 Å². The van der Waals surface area contributed by atoms with E-state index in [-0.39, 0.29) is 0 Å². The molecule has 0 bridgehead atoms. The van der Waals surface area contributed by atoms with E-state index in [9.17, 15) is 0 Å². The maximum Gasteiger partial charge on any atom is 0.189 e. The van der Waals surface area contributed by atoms with Gasteiger partial charge in [-0.25, -0.2) is 0 Å². The van der Waals surface area contributed by atoms with Crippen LogP contribution in [0.3, 0.4) is 0 Å². The number of rotatable bonds is 2. The number of fused-ring (bicyclic) bond motifs is 2. The fraction of sp³-hybridized carbons (Fsp3) is 0.625. The number of benzene rings is 1. The summed E-state index contributed by atoms with van der Waals surface area (Å²) in [4.78, 5) is 5.18. The number of ether oxygens (including phenoxy) is 2. The summed E-state index contributed by atoms with van der Waals surface area (Å²) in [6.45, 7) is 6.66. The van der Waals surface area contributed by atoms with E-state index in [0.717, 1.165) is 36.1 Å². The lowest BCUT2D eigenvalue weighted by Gasteiger charge is -2.38. The number of hydrogen-bond acceptors (Lipinski definition) is 5. The van der Waals surface area contributed by atoms with Crippen molar-refractivity contribution >= 4 is 5.69 Å². The van der Waals surface area contributed by atoms with Gasteiger partial charge in [-0.05, 0) is 31.5 Å². The highest BCUT2D eigenvalue weighted by Crippen LogP contribution is 2.32. The molecule has 114 valence electrons. The van der Waals surface area contributed by atoms with E-state index in [1.165, 1.54) is 38.0 Å². The van der Waals surface area contributed by atoms with Gasteiger partial charge in [-0.15, -0.1) is 0 Å². The van der Waals surface area contributed by atoms with E-state index in [1.54, 1.807) is 0 Å². The molecule has 1 atom stereocenters. The molecule has 0 saturated carbocycles. The van der Waals surface area contributed by atoms with Crippen LogP contribution < -0.4 is 10.5 Å². The number of piperazine rings is 1. The van der Waals surface area contributed by atoms with Gasteiger partial charge in [0.05, 0.1) is 6.61 Å². The second-order valence-corrected chi connectivity index (χ2v) is 6.35. The zero-order valence-corrected chi connectivity index (χ0v) is 12.4. The topological polar surface area (TPSA) is 51.0 Å². The van der Waals surface area contributed by atoms with Crippen LogP contribution in [0.15, 0.2) is 12.1 Å². The molecule has 21 heavy (non-hydrogen) atoms. The molecular formula is C16H23N3O2. The Labute approximate surface area is 125 Å². The fourth-order valence-electron chi connectivity index (χ4n) is 3.88. The average molecular weight is 289 g/mol. The van der Waals surface area contributed by atoms with Gasteiger partial charge in [0.1, 0.15) is 5.75 Å². The molecule has 0 spiro atoms. The van der Waals surface area contributed by atoms with Crippen LogP contribution in [-0.4, -0.2) is 48.8 Å². The highest BCUT2D eigenvalue weighted by molar-refractivity contribution is 5.53. The molecule has 3 aliphatic heterocycles. The van der Waals surface area contributed by atoms with E-state index in [0.29, 0.717) is 13.4 Å². The quantitative estimate of drug-likeness (QED) is 0.834. The molecule has 0 amide bonds. The third-order valence-electron chi connectivity index (χ3n) is 4.87. The Morgan fingerprint density at radius 3 is 3.14 bits per heavy atom. The largest absolute Gasteiger partial charge is 0.467 e. The Morgan fingerprint density at radius 2 is 2.19 bits per heavy atom. The van der Waals surface area contributed by atoms with Crippen LogP contribution in [0.25, 0.3) is 0 Å². The molecule has 2 fully saturated rings. The third-order valence-corrected chi connectivity index (χ3v) is 4.87. The first kappa shape index (κ1) is 13.4. The first-order valence-electron chi connectivity index (χ1n) is 7.88. The molecule has 1 unspecified atom stereocenters. The second-order valence-electron chi connectivity index (χ2n) is 6.35. The lowest BCUT2D eigenvalue weighted by molar-refractivity contribution is -0.0177. The number of nitrogens with zero attached hydrogens (tertiary/aromatic N) is 2. The first-order valence-corrected chi connectivity index (χ1v) is 7.88. The molecule has 5 heteroatoms. The summed E-state index contributed by atoms with van der Waals surface area (Å²) in [6.07, 6.45) is 2.70. The van der Waals surface area contributed by atoms with Gasteiger partial charge in [0.15, 0.2) is 6.79 Å². The minimum atomic E-state index is 0.348. The standard InChI is InChI=1S/C16H23N3O2/c17-14-6-12(16-13(7-14)10-20-11-21-16)8-18-4-5-19-3-1-2-15(19)9-18/h6-7,15H,1-5,8-11,17H2. The van der Waals surface area contributed by atoms with Crippen molar-refractivity contribution in [3.8, 4) is 5.75 Å². The van der Waals surface area contributed by atoms with Gasteiger partial charge in [0, 0.05) is 49.0 Å². The summed E-state index contributed by atoms with van der Waals surface area (Å²) in [5, 5.41) is 0. The number of nitrogens with two attached hydrogens (primary N) is 1. The van der Waals surface area contributed by atoms with Gasteiger partial charge >= 0.3 is 0 Å². The highest BCUT2D eigenvalue weighted by atomic mass is 16.7. The van der Waals surface area contributed by atoms with Crippen molar-refractivity contribution in [2.45, 2.75) is 32.0 Å². The molecule has 5 nitrogen and oxygen atoms in total. The summed E-state index contributed by atoms with van der Waals surface area (Å²) in [5.41, 5.74) is 9.13. The molecule has 0 aliphatic carbocycles. The van der Waals surface area contributed by atoms with Crippen molar-refractivity contribution in [1.82, 2.24) is 9.80 Å². The summed E-state index contributed by atoms with van der Waals surface area (Å²) in [7, 11) is 0. The Bertz CT molecular complexity index is 534. The van der Waals surface area contributed by atoms with E-state index < -0.39 is 0 Å². The van der Waals surface area contributed by atoms with Crippen molar-refractivity contribution < 1.29 is 9.47 Å². The molecule has 3 heterocycles. The highest BCUT2D eigenvalue weighted by Gasteiger charge is 2.31.